The molecule has 0 unspecified atom stereocenters. The lowest BCUT2D eigenvalue weighted by atomic mass is 9.87. The highest BCUT2D eigenvalue weighted by Crippen LogP contribution is 2.32. The van der Waals surface area contributed by atoms with E-state index in [-0.39, 0.29) is 36.3 Å². The number of fused-ring (bicyclic) bond motifs is 1. The maximum atomic E-state index is 13.4. The molecular weight excluding hydrogens is 380 g/mol. The molecule has 1 aliphatic carbocycles. The number of hydrogen-bond donors (Lipinski definition) is 0. The summed E-state index contributed by atoms with van der Waals surface area (Å²) in [6.07, 6.45) is 1.86. The van der Waals surface area contributed by atoms with E-state index in [0.717, 1.165) is 12.8 Å². The highest BCUT2D eigenvalue weighted by Gasteiger charge is 2.39. The fourth-order valence-corrected chi connectivity index (χ4v) is 3.89. The summed E-state index contributed by atoms with van der Waals surface area (Å²) in [4.78, 5) is 42.6. The van der Waals surface area contributed by atoms with Crippen molar-refractivity contribution in [3.05, 3.63) is 46.8 Å². The standard InChI is InChI=1S/C21H25ClN2O4/c1-14-7-9-23(10-8-14)18-19(24(11-12-28-2)17(25)13-22)21(27)16-6-4-3-5-15(16)20(18)26/h3-6,14H,7-13H2,1-2H3. The van der Waals surface area contributed by atoms with Gasteiger partial charge in [0.15, 0.2) is 0 Å². The zero-order chi connectivity index (χ0) is 20.3. The number of Topliss-reactive ketones (excluding diaryl/α,β-unsaturated/α-hetero) is 2. The summed E-state index contributed by atoms with van der Waals surface area (Å²) in [5.41, 5.74) is 1.14. The van der Waals surface area contributed by atoms with E-state index in [4.69, 9.17) is 16.3 Å². The van der Waals surface area contributed by atoms with Crippen LogP contribution in [0.2, 0.25) is 0 Å². The maximum absolute atomic E-state index is 13.4. The highest BCUT2D eigenvalue weighted by atomic mass is 35.5. The molecular formula is C21H25ClN2O4. The largest absolute Gasteiger partial charge is 0.383 e. The number of nitrogens with zero attached hydrogens (tertiary/aromatic N) is 2. The monoisotopic (exact) mass is 404 g/mol. The van der Waals surface area contributed by atoms with Crippen molar-refractivity contribution < 1.29 is 19.1 Å². The summed E-state index contributed by atoms with van der Waals surface area (Å²) in [5, 5.41) is 0. The molecule has 0 spiro atoms. The molecule has 0 atom stereocenters. The number of rotatable bonds is 6. The van der Waals surface area contributed by atoms with Crippen LogP contribution in [0.25, 0.3) is 0 Å². The van der Waals surface area contributed by atoms with Crippen molar-refractivity contribution in [3.63, 3.8) is 0 Å². The summed E-state index contributed by atoms with van der Waals surface area (Å²) < 4.78 is 5.11. The maximum Gasteiger partial charge on any atom is 0.242 e. The molecule has 0 N–H and O–H groups in total. The topological polar surface area (TPSA) is 66.9 Å². The Bertz CT molecular complexity index is 812. The molecule has 1 aromatic carbocycles. The average molecular weight is 405 g/mol. The van der Waals surface area contributed by atoms with E-state index in [0.29, 0.717) is 35.8 Å². The molecule has 150 valence electrons. The van der Waals surface area contributed by atoms with Crippen molar-refractivity contribution >= 4 is 29.1 Å². The van der Waals surface area contributed by atoms with E-state index in [2.05, 4.69) is 6.92 Å². The van der Waals surface area contributed by atoms with Crippen LogP contribution in [0.3, 0.4) is 0 Å². The Labute approximate surface area is 170 Å². The third-order valence-corrected chi connectivity index (χ3v) is 5.60. The minimum atomic E-state index is -0.419. The SMILES string of the molecule is COCCN(C(=O)CCl)C1=C(N2CCC(C)CC2)C(=O)c2ccccc2C1=O. The molecule has 6 nitrogen and oxygen atoms in total. The fraction of sp³-hybridized carbons (Fsp3) is 0.476. The van der Waals surface area contributed by atoms with Crippen molar-refractivity contribution in [2.24, 2.45) is 5.92 Å². The molecule has 1 aromatic rings. The number of likely N-dealkylation sites (tertiary alicyclic amines) is 1. The highest BCUT2D eigenvalue weighted by molar-refractivity contribution is 6.30. The molecule has 0 radical (unpaired) electrons. The first-order chi connectivity index (χ1) is 13.5. The molecule has 1 amide bonds. The van der Waals surface area contributed by atoms with Crippen molar-refractivity contribution in [1.82, 2.24) is 9.80 Å². The van der Waals surface area contributed by atoms with Crippen LogP contribution in [0.4, 0.5) is 0 Å². The molecule has 0 aromatic heterocycles. The number of hydrogen-bond acceptors (Lipinski definition) is 5. The van der Waals surface area contributed by atoms with Crippen LogP contribution >= 0.6 is 11.6 Å². The normalized spacial score (nSPS) is 17.8. The van der Waals surface area contributed by atoms with Crippen LogP contribution < -0.4 is 0 Å². The number of allylic oxidation sites excluding steroid dienone is 2. The van der Waals surface area contributed by atoms with Crippen LogP contribution in [0.5, 0.6) is 0 Å². The molecule has 28 heavy (non-hydrogen) atoms. The molecule has 0 saturated carbocycles. The van der Waals surface area contributed by atoms with Crippen molar-refractivity contribution in [3.8, 4) is 0 Å². The predicted octanol–water partition coefficient (Wildman–Crippen LogP) is 2.72. The number of benzene rings is 1. The van der Waals surface area contributed by atoms with Gasteiger partial charge in [0, 0.05) is 37.9 Å². The minimum absolute atomic E-state index is 0.126. The van der Waals surface area contributed by atoms with Gasteiger partial charge in [-0.25, -0.2) is 0 Å². The lowest BCUT2D eigenvalue weighted by Crippen LogP contribution is -2.45. The van der Waals surface area contributed by atoms with Gasteiger partial charge in [-0.05, 0) is 18.8 Å². The Morgan fingerprint density at radius 3 is 2.36 bits per heavy atom. The molecule has 1 heterocycles. The molecule has 2 aliphatic rings. The molecule has 7 heteroatoms. The van der Waals surface area contributed by atoms with E-state index in [9.17, 15) is 14.4 Å². The molecule has 0 bridgehead atoms. The predicted molar refractivity (Wildman–Crippen MR) is 106 cm³/mol. The lowest BCUT2D eigenvalue weighted by Gasteiger charge is -2.38. The number of ketones is 2. The first-order valence-electron chi connectivity index (χ1n) is 9.52. The average Bonchev–Trinajstić information content (AvgIpc) is 2.72. The van der Waals surface area contributed by atoms with Crippen LogP contribution in [-0.2, 0) is 9.53 Å². The van der Waals surface area contributed by atoms with Crippen LogP contribution in [0, 0.1) is 5.92 Å². The fourth-order valence-electron chi connectivity index (χ4n) is 3.74. The van der Waals surface area contributed by atoms with Gasteiger partial charge in [-0.3, -0.25) is 14.4 Å². The third kappa shape index (κ3) is 3.84. The lowest BCUT2D eigenvalue weighted by molar-refractivity contribution is -0.127. The Morgan fingerprint density at radius 1 is 1.18 bits per heavy atom. The van der Waals surface area contributed by atoms with Gasteiger partial charge in [0.05, 0.1) is 6.61 Å². The van der Waals surface area contributed by atoms with Gasteiger partial charge >= 0.3 is 0 Å². The summed E-state index contributed by atoms with van der Waals surface area (Å²) >= 11 is 5.82. The summed E-state index contributed by atoms with van der Waals surface area (Å²) in [5.74, 6) is -0.670. The Kier molecular flexibility index (Phi) is 6.52. The number of ether oxygens (including phenoxy) is 1. The number of alkyl halides is 1. The summed E-state index contributed by atoms with van der Waals surface area (Å²) in [6.45, 7) is 3.92. The van der Waals surface area contributed by atoms with Gasteiger partial charge in [0.2, 0.25) is 17.5 Å². The zero-order valence-electron chi connectivity index (χ0n) is 16.2. The van der Waals surface area contributed by atoms with E-state index >= 15 is 0 Å². The first-order valence-corrected chi connectivity index (χ1v) is 10.1. The van der Waals surface area contributed by atoms with Gasteiger partial charge in [0.25, 0.3) is 0 Å². The number of piperidine rings is 1. The Hall–Kier alpha value is -2.18. The van der Waals surface area contributed by atoms with E-state index < -0.39 is 5.91 Å². The van der Waals surface area contributed by atoms with Crippen molar-refractivity contribution in [2.45, 2.75) is 19.8 Å². The van der Waals surface area contributed by atoms with Gasteiger partial charge < -0.3 is 14.5 Å². The van der Waals surface area contributed by atoms with Gasteiger partial charge in [0.1, 0.15) is 17.3 Å². The van der Waals surface area contributed by atoms with E-state index in [1.165, 1.54) is 12.0 Å². The molecule has 3 rings (SSSR count). The summed E-state index contributed by atoms with van der Waals surface area (Å²) in [7, 11) is 1.52. The third-order valence-electron chi connectivity index (χ3n) is 5.37. The molecule has 1 saturated heterocycles. The summed E-state index contributed by atoms with van der Waals surface area (Å²) in [6, 6.07) is 6.77. The smallest absolute Gasteiger partial charge is 0.242 e. The first kappa shape index (κ1) is 20.6. The van der Waals surface area contributed by atoms with Crippen LogP contribution in [-0.4, -0.2) is 66.5 Å². The van der Waals surface area contributed by atoms with Crippen molar-refractivity contribution in [1.29, 1.82) is 0 Å². The Balaban J connectivity index is 2.14. The van der Waals surface area contributed by atoms with Gasteiger partial charge in [-0.15, -0.1) is 11.6 Å². The Morgan fingerprint density at radius 2 is 1.79 bits per heavy atom. The second kappa shape index (κ2) is 8.88. The molecule has 1 aliphatic heterocycles. The number of carbonyl (C=O) groups is 3. The quantitative estimate of drug-likeness (QED) is 0.682. The number of methoxy groups -OCH3 is 1. The number of carbonyl (C=O) groups excluding carboxylic acids is 3. The minimum Gasteiger partial charge on any atom is -0.383 e. The van der Waals surface area contributed by atoms with Crippen molar-refractivity contribution in [2.75, 3.05) is 39.2 Å². The molecule has 1 fully saturated rings. The van der Waals surface area contributed by atoms with Crippen LogP contribution in [0.1, 0.15) is 40.5 Å². The second-order valence-corrected chi connectivity index (χ2v) is 7.51. The second-order valence-electron chi connectivity index (χ2n) is 7.24. The zero-order valence-corrected chi connectivity index (χ0v) is 17.0. The number of halogens is 1. The van der Waals surface area contributed by atoms with E-state index in [1.54, 1.807) is 24.3 Å². The van der Waals surface area contributed by atoms with Gasteiger partial charge in [-0.2, -0.15) is 0 Å². The van der Waals surface area contributed by atoms with E-state index in [1.807, 2.05) is 4.90 Å². The van der Waals surface area contributed by atoms with Gasteiger partial charge in [-0.1, -0.05) is 31.2 Å². The van der Waals surface area contributed by atoms with Crippen LogP contribution in [0.15, 0.2) is 35.7 Å². The number of amides is 1.